The standard InChI is InChI=1S/C34H65NO7/c1-5-6-7-8-9-10-11-12-13-14-15-16-17-18-19-20-21-22-23-24-25-26-32(37)41-29-31(36)30-42-34(33(38)39)40-28-27-35(2,3)4/h14-15,31,34,36H,5-13,16-30H2,1-4H3/p+1/b15-14-. The van der Waals surface area contributed by atoms with Gasteiger partial charge >= 0.3 is 11.9 Å². The van der Waals surface area contributed by atoms with E-state index in [1.165, 1.54) is 103 Å². The average Bonchev–Trinajstić information content (AvgIpc) is 2.93. The largest absolute Gasteiger partial charge is 0.477 e. The molecule has 0 rings (SSSR count). The van der Waals surface area contributed by atoms with E-state index in [1.807, 2.05) is 21.1 Å². The number of ether oxygens (including phenoxy) is 3. The van der Waals surface area contributed by atoms with Crippen molar-refractivity contribution in [3.8, 4) is 0 Å². The highest BCUT2D eigenvalue weighted by Crippen LogP contribution is 2.13. The predicted molar refractivity (Wildman–Crippen MR) is 170 cm³/mol. The van der Waals surface area contributed by atoms with Crippen molar-refractivity contribution in [3.63, 3.8) is 0 Å². The molecule has 0 aliphatic rings. The summed E-state index contributed by atoms with van der Waals surface area (Å²) in [5.74, 6) is -1.61. The van der Waals surface area contributed by atoms with E-state index in [9.17, 15) is 19.8 Å². The topological polar surface area (TPSA) is 102 Å². The highest BCUT2D eigenvalue weighted by molar-refractivity contribution is 5.70. The molecule has 0 radical (unpaired) electrons. The van der Waals surface area contributed by atoms with Gasteiger partial charge in [-0.2, -0.15) is 0 Å². The third-order valence-electron chi connectivity index (χ3n) is 7.25. The molecule has 8 heteroatoms. The Kier molecular flexibility index (Phi) is 27.3. The van der Waals surface area contributed by atoms with Crippen molar-refractivity contribution in [2.24, 2.45) is 0 Å². The maximum absolute atomic E-state index is 11.9. The maximum Gasteiger partial charge on any atom is 0.361 e. The van der Waals surface area contributed by atoms with Gasteiger partial charge in [-0.1, -0.05) is 109 Å². The van der Waals surface area contributed by atoms with Crippen LogP contribution in [0.4, 0.5) is 0 Å². The van der Waals surface area contributed by atoms with Crippen LogP contribution in [0, 0.1) is 0 Å². The van der Waals surface area contributed by atoms with Crippen LogP contribution in [-0.4, -0.2) is 86.5 Å². The number of aliphatic carboxylic acids is 1. The van der Waals surface area contributed by atoms with Gasteiger partial charge in [-0.25, -0.2) is 4.79 Å². The number of carbonyl (C=O) groups is 2. The molecule has 0 saturated heterocycles. The lowest BCUT2D eigenvalue weighted by molar-refractivity contribution is -0.870. The molecule has 0 aliphatic heterocycles. The van der Waals surface area contributed by atoms with Gasteiger partial charge in [0.2, 0.25) is 0 Å². The summed E-state index contributed by atoms with van der Waals surface area (Å²) < 4.78 is 16.1. The lowest BCUT2D eigenvalue weighted by Gasteiger charge is -2.24. The lowest BCUT2D eigenvalue weighted by atomic mass is 10.1. The molecule has 8 nitrogen and oxygen atoms in total. The predicted octanol–water partition coefficient (Wildman–Crippen LogP) is 7.42. The summed E-state index contributed by atoms with van der Waals surface area (Å²) >= 11 is 0. The number of carboxylic acids is 1. The third-order valence-corrected chi connectivity index (χ3v) is 7.25. The molecule has 2 unspecified atom stereocenters. The van der Waals surface area contributed by atoms with Gasteiger partial charge in [-0.05, 0) is 32.1 Å². The van der Waals surface area contributed by atoms with Crippen LogP contribution in [0.2, 0.25) is 0 Å². The molecule has 0 aromatic carbocycles. The van der Waals surface area contributed by atoms with E-state index < -0.39 is 18.4 Å². The molecule has 0 spiro atoms. The normalized spacial score (nSPS) is 13.5. The number of likely N-dealkylation sites (N-methyl/N-ethyl adjacent to an activating group) is 1. The zero-order chi connectivity index (χ0) is 31.3. The quantitative estimate of drug-likeness (QED) is 0.0281. The number of quaternary nitrogens is 1. The van der Waals surface area contributed by atoms with Gasteiger partial charge in [0.05, 0.1) is 34.4 Å². The van der Waals surface area contributed by atoms with Crippen LogP contribution in [0.3, 0.4) is 0 Å². The number of rotatable bonds is 31. The monoisotopic (exact) mass is 600 g/mol. The molecule has 248 valence electrons. The Bertz CT molecular complexity index is 663. The van der Waals surface area contributed by atoms with E-state index in [4.69, 9.17) is 14.2 Å². The van der Waals surface area contributed by atoms with E-state index >= 15 is 0 Å². The van der Waals surface area contributed by atoms with Gasteiger partial charge < -0.3 is 28.9 Å². The summed E-state index contributed by atoms with van der Waals surface area (Å²) in [7, 11) is 5.91. The molecule has 0 aliphatic carbocycles. The Labute approximate surface area is 257 Å². The summed E-state index contributed by atoms with van der Waals surface area (Å²) in [4.78, 5) is 23.2. The summed E-state index contributed by atoms with van der Waals surface area (Å²) in [6.07, 6.45) is 26.6. The molecule has 0 fully saturated rings. The summed E-state index contributed by atoms with van der Waals surface area (Å²) in [6, 6.07) is 0. The fraction of sp³-hybridized carbons (Fsp3) is 0.882. The second-order valence-electron chi connectivity index (χ2n) is 12.7. The number of aliphatic hydroxyl groups is 1. The van der Waals surface area contributed by atoms with E-state index in [0.29, 0.717) is 17.4 Å². The number of hydrogen-bond donors (Lipinski definition) is 2. The zero-order valence-electron chi connectivity index (χ0n) is 27.7. The second-order valence-corrected chi connectivity index (χ2v) is 12.7. The Balaban J connectivity index is 3.53. The number of carboxylic acid groups (broad SMARTS) is 1. The van der Waals surface area contributed by atoms with Gasteiger partial charge in [-0.3, -0.25) is 4.79 Å². The van der Waals surface area contributed by atoms with Gasteiger partial charge in [0, 0.05) is 6.42 Å². The zero-order valence-corrected chi connectivity index (χ0v) is 27.7. The van der Waals surface area contributed by atoms with Gasteiger partial charge in [-0.15, -0.1) is 0 Å². The van der Waals surface area contributed by atoms with Crippen LogP contribution in [-0.2, 0) is 23.8 Å². The molecule has 0 amide bonds. The molecular formula is C34H66NO7+. The van der Waals surface area contributed by atoms with Crippen molar-refractivity contribution < 1.29 is 38.5 Å². The molecule has 0 saturated carbocycles. The summed E-state index contributed by atoms with van der Waals surface area (Å²) in [5, 5.41) is 19.2. The van der Waals surface area contributed by atoms with Crippen molar-refractivity contribution in [3.05, 3.63) is 12.2 Å². The number of aliphatic hydroxyl groups excluding tert-OH is 1. The summed E-state index contributed by atoms with van der Waals surface area (Å²) in [6.45, 7) is 2.59. The average molecular weight is 601 g/mol. The maximum atomic E-state index is 11.9. The number of nitrogens with zero attached hydrogens (tertiary/aromatic N) is 1. The van der Waals surface area contributed by atoms with Crippen LogP contribution in [0.1, 0.15) is 135 Å². The molecule has 2 N–H and O–H groups in total. The molecule has 42 heavy (non-hydrogen) atoms. The Morgan fingerprint density at radius 3 is 1.64 bits per heavy atom. The first-order valence-corrected chi connectivity index (χ1v) is 16.9. The van der Waals surface area contributed by atoms with E-state index in [1.54, 1.807) is 0 Å². The minimum atomic E-state index is -1.46. The molecule has 2 atom stereocenters. The fourth-order valence-corrected chi connectivity index (χ4v) is 4.53. The van der Waals surface area contributed by atoms with Crippen molar-refractivity contribution in [1.29, 1.82) is 0 Å². The smallest absolute Gasteiger partial charge is 0.361 e. The first-order chi connectivity index (χ1) is 20.2. The summed E-state index contributed by atoms with van der Waals surface area (Å²) in [5.41, 5.74) is 0. The van der Waals surface area contributed by atoms with Gasteiger partial charge in [0.15, 0.2) is 0 Å². The van der Waals surface area contributed by atoms with Crippen LogP contribution in [0.25, 0.3) is 0 Å². The fourth-order valence-electron chi connectivity index (χ4n) is 4.53. The van der Waals surface area contributed by atoms with Crippen LogP contribution in [0.5, 0.6) is 0 Å². The first-order valence-electron chi connectivity index (χ1n) is 16.9. The van der Waals surface area contributed by atoms with E-state index in [0.717, 1.165) is 19.3 Å². The third kappa shape index (κ3) is 30.0. The molecular weight excluding hydrogens is 534 g/mol. The highest BCUT2D eigenvalue weighted by atomic mass is 16.7. The molecule has 0 bridgehead atoms. The number of carbonyl (C=O) groups excluding carboxylic acids is 1. The van der Waals surface area contributed by atoms with E-state index in [-0.39, 0.29) is 25.8 Å². The van der Waals surface area contributed by atoms with Crippen molar-refractivity contribution in [2.45, 2.75) is 148 Å². The van der Waals surface area contributed by atoms with Crippen LogP contribution in [0.15, 0.2) is 12.2 Å². The van der Waals surface area contributed by atoms with Crippen LogP contribution < -0.4 is 0 Å². The Hall–Kier alpha value is -1.48. The Morgan fingerprint density at radius 1 is 0.690 bits per heavy atom. The lowest BCUT2D eigenvalue weighted by Crippen LogP contribution is -2.40. The number of hydrogen-bond acceptors (Lipinski definition) is 6. The van der Waals surface area contributed by atoms with Crippen molar-refractivity contribution in [1.82, 2.24) is 0 Å². The highest BCUT2D eigenvalue weighted by Gasteiger charge is 2.22. The van der Waals surface area contributed by atoms with E-state index in [2.05, 4.69) is 19.1 Å². The second kappa shape index (κ2) is 28.3. The first kappa shape index (κ1) is 40.5. The SMILES string of the molecule is CCCCCCCCCC/C=C\CCCCCCCCCCCC(=O)OCC(O)COC(OCC[N+](C)(C)C)C(=O)O. The van der Waals surface area contributed by atoms with Gasteiger partial charge in [0.25, 0.3) is 6.29 Å². The number of unbranched alkanes of at least 4 members (excludes halogenated alkanes) is 17. The van der Waals surface area contributed by atoms with Crippen LogP contribution >= 0.6 is 0 Å². The minimum Gasteiger partial charge on any atom is -0.477 e. The molecule has 0 heterocycles. The molecule has 0 aromatic rings. The Morgan fingerprint density at radius 2 is 1.17 bits per heavy atom. The molecule has 0 aromatic heterocycles. The van der Waals surface area contributed by atoms with Crippen molar-refractivity contribution >= 4 is 11.9 Å². The van der Waals surface area contributed by atoms with Crippen molar-refractivity contribution in [2.75, 3.05) is 47.5 Å². The number of allylic oxidation sites excluding steroid dienone is 2. The number of esters is 1. The van der Waals surface area contributed by atoms with Gasteiger partial charge in [0.1, 0.15) is 19.3 Å². The minimum absolute atomic E-state index is 0.211.